The molecule has 1 aliphatic heterocycles. The summed E-state index contributed by atoms with van der Waals surface area (Å²) in [7, 11) is 0. The van der Waals surface area contributed by atoms with E-state index in [4.69, 9.17) is 10.8 Å². The van der Waals surface area contributed by atoms with E-state index in [0.717, 1.165) is 0 Å². The average Bonchev–Trinajstić information content (AvgIpc) is 2.43. The fourth-order valence-corrected chi connectivity index (χ4v) is 2.90. The van der Waals surface area contributed by atoms with Crippen LogP contribution in [-0.4, -0.2) is 57.6 Å². The van der Waals surface area contributed by atoms with E-state index in [2.05, 4.69) is 17.2 Å². The zero-order valence-corrected chi connectivity index (χ0v) is 12.9. The summed E-state index contributed by atoms with van der Waals surface area (Å²) in [6, 6.07) is -2.37. The number of aliphatic carboxylic acids is 1. The highest BCUT2D eigenvalue weighted by molar-refractivity contribution is 7.99. The summed E-state index contributed by atoms with van der Waals surface area (Å²) in [6.07, 6.45) is 0.497. The van der Waals surface area contributed by atoms with Gasteiger partial charge in [0.2, 0.25) is 11.8 Å². The summed E-state index contributed by atoms with van der Waals surface area (Å²) in [6.45, 7) is 3.41. The number of aliphatic hydroxyl groups is 1. The third kappa shape index (κ3) is 5.94. The highest BCUT2D eigenvalue weighted by Gasteiger charge is 2.27. The van der Waals surface area contributed by atoms with Crippen LogP contribution >= 0.6 is 11.8 Å². The standard InChI is InChI=1S/C13H21N3O5S/c1-7(17)9-4-5-22-6-10(12(19)16-9)15-11(18)3-2-8(14)13(20)21/h8-10,17H,1-6,14H2,(H,15,18)(H,16,19)(H,20,21)/t8-,9?,10-/m0/s1. The Morgan fingerprint density at radius 1 is 1.50 bits per heavy atom. The maximum absolute atomic E-state index is 12.1. The summed E-state index contributed by atoms with van der Waals surface area (Å²) < 4.78 is 0. The molecular weight excluding hydrogens is 310 g/mol. The first-order chi connectivity index (χ1) is 10.3. The minimum Gasteiger partial charge on any atom is -0.511 e. The predicted octanol–water partition coefficient (Wildman–Crippen LogP) is -0.643. The van der Waals surface area contributed by atoms with E-state index in [0.29, 0.717) is 17.9 Å². The molecule has 0 bridgehead atoms. The Morgan fingerprint density at radius 3 is 2.77 bits per heavy atom. The van der Waals surface area contributed by atoms with Gasteiger partial charge in [-0.25, -0.2) is 0 Å². The first-order valence-electron chi connectivity index (χ1n) is 6.85. The molecule has 0 aromatic carbocycles. The van der Waals surface area contributed by atoms with Gasteiger partial charge in [-0.2, -0.15) is 11.8 Å². The molecule has 3 atom stereocenters. The van der Waals surface area contributed by atoms with Crippen molar-refractivity contribution in [2.24, 2.45) is 5.73 Å². The number of hydrogen-bond acceptors (Lipinski definition) is 6. The van der Waals surface area contributed by atoms with Crippen LogP contribution in [0.15, 0.2) is 12.3 Å². The number of carbonyl (C=O) groups excluding carboxylic acids is 2. The molecule has 2 amide bonds. The van der Waals surface area contributed by atoms with Gasteiger partial charge >= 0.3 is 5.97 Å². The van der Waals surface area contributed by atoms with E-state index >= 15 is 0 Å². The lowest BCUT2D eigenvalue weighted by molar-refractivity contribution is -0.138. The number of carboxylic acids is 1. The second-order valence-electron chi connectivity index (χ2n) is 5.02. The van der Waals surface area contributed by atoms with Gasteiger partial charge in [0.25, 0.3) is 0 Å². The molecule has 9 heteroatoms. The first-order valence-corrected chi connectivity index (χ1v) is 8.00. The van der Waals surface area contributed by atoms with Gasteiger partial charge in [0.15, 0.2) is 0 Å². The Labute approximate surface area is 132 Å². The SMILES string of the molecule is C=C(O)C1CCSC[C@H](NC(=O)CC[C@H](N)C(=O)O)C(=O)N1. The zero-order valence-electron chi connectivity index (χ0n) is 12.1. The Balaban J connectivity index is 2.51. The van der Waals surface area contributed by atoms with E-state index < -0.39 is 35.9 Å². The van der Waals surface area contributed by atoms with Crippen molar-refractivity contribution in [2.75, 3.05) is 11.5 Å². The maximum Gasteiger partial charge on any atom is 0.320 e. The van der Waals surface area contributed by atoms with Gasteiger partial charge in [-0.3, -0.25) is 14.4 Å². The van der Waals surface area contributed by atoms with E-state index in [-0.39, 0.29) is 18.6 Å². The molecule has 0 aromatic heterocycles. The molecule has 0 saturated carbocycles. The number of carboxylic acid groups (broad SMARTS) is 1. The molecule has 22 heavy (non-hydrogen) atoms. The molecule has 0 radical (unpaired) electrons. The monoisotopic (exact) mass is 331 g/mol. The van der Waals surface area contributed by atoms with Gasteiger partial charge < -0.3 is 26.6 Å². The fourth-order valence-electron chi connectivity index (χ4n) is 1.86. The molecule has 1 aliphatic rings. The number of amides is 2. The second kappa shape index (κ2) is 8.64. The number of hydrogen-bond donors (Lipinski definition) is 5. The Hall–Kier alpha value is -1.74. The van der Waals surface area contributed by atoms with Crippen molar-refractivity contribution in [2.45, 2.75) is 37.4 Å². The summed E-state index contributed by atoms with van der Waals surface area (Å²) >= 11 is 1.49. The highest BCUT2D eigenvalue weighted by Crippen LogP contribution is 2.14. The topological polar surface area (TPSA) is 142 Å². The lowest BCUT2D eigenvalue weighted by Crippen LogP contribution is -2.52. The molecule has 1 heterocycles. The van der Waals surface area contributed by atoms with E-state index in [1.54, 1.807) is 0 Å². The average molecular weight is 331 g/mol. The van der Waals surface area contributed by atoms with Crippen molar-refractivity contribution in [3.05, 3.63) is 12.3 Å². The van der Waals surface area contributed by atoms with Crippen LogP contribution in [0.3, 0.4) is 0 Å². The van der Waals surface area contributed by atoms with Gasteiger partial charge in [0.1, 0.15) is 17.8 Å². The van der Waals surface area contributed by atoms with Gasteiger partial charge in [-0.1, -0.05) is 6.58 Å². The third-order valence-corrected chi connectivity index (χ3v) is 4.30. The van der Waals surface area contributed by atoms with Crippen LogP contribution in [0.1, 0.15) is 19.3 Å². The van der Waals surface area contributed by atoms with Crippen LogP contribution < -0.4 is 16.4 Å². The van der Waals surface area contributed by atoms with Gasteiger partial charge in [0.05, 0.1) is 6.04 Å². The molecule has 1 saturated heterocycles. The van der Waals surface area contributed by atoms with Crippen molar-refractivity contribution in [3.63, 3.8) is 0 Å². The van der Waals surface area contributed by atoms with Crippen molar-refractivity contribution in [1.82, 2.24) is 10.6 Å². The number of aliphatic hydroxyl groups excluding tert-OH is 1. The molecule has 1 unspecified atom stereocenters. The molecule has 0 aliphatic carbocycles. The van der Waals surface area contributed by atoms with E-state index in [1.165, 1.54) is 11.8 Å². The predicted molar refractivity (Wildman–Crippen MR) is 82.4 cm³/mol. The van der Waals surface area contributed by atoms with Crippen LogP contribution in [0.4, 0.5) is 0 Å². The van der Waals surface area contributed by atoms with Gasteiger partial charge in [-0.05, 0) is 18.6 Å². The maximum atomic E-state index is 12.1. The van der Waals surface area contributed by atoms with Crippen LogP contribution in [0.2, 0.25) is 0 Å². The van der Waals surface area contributed by atoms with Crippen molar-refractivity contribution in [1.29, 1.82) is 0 Å². The van der Waals surface area contributed by atoms with Crippen molar-refractivity contribution >= 4 is 29.5 Å². The molecule has 0 aromatic rings. The first kappa shape index (κ1) is 18.3. The third-order valence-electron chi connectivity index (χ3n) is 3.21. The molecule has 1 rings (SSSR count). The minimum atomic E-state index is -1.17. The number of nitrogens with one attached hydrogen (secondary N) is 2. The number of thioether (sulfide) groups is 1. The smallest absolute Gasteiger partial charge is 0.320 e. The second-order valence-corrected chi connectivity index (χ2v) is 6.17. The molecule has 1 fully saturated rings. The zero-order chi connectivity index (χ0) is 16.7. The van der Waals surface area contributed by atoms with Crippen LogP contribution in [0.25, 0.3) is 0 Å². The van der Waals surface area contributed by atoms with Gasteiger partial charge in [0, 0.05) is 12.2 Å². The summed E-state index contributed by atoms with van der Waals surface area (Å²) in [4.78, 5) is 34.4. The fraction of sp³-hybridized carbons (Fsp3) is 0.615. The van der Waals surface area contributed by atoms with E-state index in [9.17, 15) is 19.5 Å². The summed E-state index contributed by atoms with van der Waals surface area (Å²) in [5.41, 5.74) is 5.32. The summed E-state index contributed by atoms with van der Waals surface area (Å²) in [5, 5.41) is 23.2. The molecule has 124 valence electrons. The molecular formula is C13H21N3O5S. The van der Waals surface area contributed by atoms with Gasteiger partial charge in [-0.15, -0.1) is 0 Å². The molecule has 8 nitrogen and oxygen atoms in total. The van der Waals surface area contributed by atoms with E-state index in [1.807, 2.05) is 0 Å². The Morgan fingerprint density at radius 2 is 2.18 bits per heavy atom. The Kier molecular flexibility index (Phi) is 7.19. The number of rotatable bonds is 6. The Bertz CT molecular complexity index is 457. The quantitative estimate of drug-likeness (QED) is 0.407. The molecule has 6 N–H and O–H groups in total. The largest absolute Gasteiger partial charge is 0.511 e. The lowest BCUT2D eigenvalue weighted by atomic mass is 10.1. The van der Waals surface area contributed by atoms with Crippen molar-refractivity contribution < 1.29 is 24.6 Å². The number of nitrogens with two attached hydrogens (primary N) is 1. The summed E-state index contributed by atoms with van der Waals surface area (Å²) in [5.74, 6) is -1.00. The minimum absolute atomic E-state index is 0.00127. The van der Waals surface area contributed by atoms with Crippen LogP contribution in [0.5, 0.6) is 0 Å². The van der Waals surface area contributed by atoms with Crippen LogP contribution in [-0.2, 0) is 14.4 Å². The highest BCUT2D eigenvalue weighted by atomic mass is 32.2. The van der Waals surface area contributed by atoms with Crippen molar-refractivity contribution in [3.8, 4) is 0 Å². The normalized spacial score (nSPS) is 23.6. The lowest BCUT2D eigenvalue weighted by Gasteiger charge is -2.25. The number of carbonyl (C=O) groups is 3. The molecule has 0 spiro atoms. The van der Waals surface area contributed by atoms with Crippen LogP contribution in [0, 0.1) is 0 Å².